The van der Waals surface area contributed by atoms with Gasteiger partial charge in [-0.3, -0.25) is 4.98 Å². The third-order valence-corrected chi connectivity index (χ3v) is 3.93. The Morgan fingerprint density at radius 1 is 1.33 bits per heavy atom. The average molecular weight is 262 g/mol. The maximum Gasteiger partial charge on any atom is 0.0737 e. The molecule has 4 heteroatoms. The number of nitrogens with two attached hydrogens (primary N) is 1. The van der Waals surface area contributed by atoms with Gasteiger partial charge in [0, 0.05) is 41.4 Å². The topological polar surface area (TPSA) is 42.2 Å². The SMILES string of the molecule is CC1CN(c2ccnc3cc(Cl)ccc23)CC1N. The zero-order chi connectivity index (χ0) is 12.7. The molecule has 2 heterocycles. The quantitative estimate of drug-likeness (QED) is 0.858. The fraction of sp³-hybridized carbons (Fsp3) is 0.357. The predicted molar refractivity (Wildman–Crippen MR) is 76.1 cm³/mol. The number of pyridine rings is 1. The maximum atomic E-state index is 6.10. The van der Waals surface area contributed by atoms with E-state index in [-0.39, 0.29) is 6.04 Å². The lowest BCUT2D eigenvalue weighted by Gasteiger charge is -2.20. The van der Waals surface area contributed by atoms with Crippen LogP contribution >= 0.6 is 11.6 Å². The molecule has 2 aromatic rings. The number of fused-ring (bicyclic) bond motifs is 1. The first-order valence-electron chi connectivity index (χ1n) is 6.20. The molecule has 0 amide bonds. The van der Waals surface area contributed by atoms with Crippen LogP contribution in [0.1, 0.15) is 6.92 Å². The number of halogens is 1. The minimum atomic E-state index is 0.250. The summed E-state index contributed by atoms with van der Waals surface area (Å²) < 4.78 is 0. The van der Waals surface area contributed by atoms with Crippen LogP contribution in [0, 0.1) is 5.92 Å². The van der Waals surface area contributed by atoms with Crippen molar-refractivity contribution in [3.63, 3.8) is 0 Å². The standard InChI is InChI=1S/C14H16ClN3/c1-9-7-18(8-12(9)16)14-4-5-17-13-6-10(15)2-3-11(13)14/h2-6,9,12H,7-8,16H2,1H3. The van der Waals surface area contributed by atoms with Gasteiger partial charge in [0.05, 0.1) is 5.52 Å². The van der Waals surface area contributed by atoms with E-state index in [1.807, 2.05) is 24.4 Å². The summed E-state index contributed by atoms with van der Waals surface area (Å²) in [5, 5.41) is 1.86. The first-order valence-corrected chi connectivity index (χ1v) is 6.58. The lowest BCUT2D eigenvalue weighted by atomic mass is 10.1. The number of benzene rings is 1. The Hall–Kier alpha value is -1.32. The van der Waals surface area contributed by atoms with Gasteiger partial charge in [-0.1, -0.05) is 18.5 Å². The molecule has 0 aliphatic carbocycles. The highest BCUT2D eigenvalue weighted by Gasteiger charge is 2.27. The molecule has 2 atom stereocenters. The molecule has 2 N–H and O–H groups in total. The molecule has 1 aromatic heterocycles. The molecule has 0 saturated carbocycles. The third kappa shape index (κ3) is 1.93. The van der Waals surface area contributed by atoms with E-state index in [4.69, 9.17) is 17.3 Å². The number of hydrogen-bond acceptors (Lipinski definition) is 3. The molecule has 1 fully saturated rings. The lowest BCUT2D eigenvalue weighted by molar-refractivity contribution is 0.566. The van der Waals surface area contributed by atoms with Crippen LogP contribution in [0.25, 0.3) is 10.9 Å². The highest BCUT2D eigenvalue weighted by molar-refractivity contribution is 6.31. The Balaban J connectivity index is 2.07. The van der Waals surface area contributed by atoms with Crippen LogP contribution in [0.2, 0.25) is 5.02 Å². The van der Waals surface area contributed by atoms with Crippen molar-refractivity contribution in [1.29, 1.82) is 0 Å². The maximum absolute atomic E-state index is 6.10. The minimum absolute atomic E-state index is 0.250. The summed E-state index contributed by atoms with van der Waals surface area (Å²) in [5.41, 5.74) is 8.24. The van der Waals surface area contributed by atoms with Gasteiger partial charge in [-0.15, -0.1) is 0 Å². The second-order valence-corrected chi connectivity index (χ2v) is 5.47. The summed E-state index contributed by atoms with van der Waals surface area (Å²) in [6.45, 7) is 4.11. The number of rotatable bonds is 1. The first kappa shape index (κ1) is 11.8. The predicted octanol–water partition coefficient (Wildman–Crippen LogP) is 2.67. The Morgan fingerprint density at radius 3 is 2.89 bits per heavy atom. The van der Waals surface area contributed by atoms with Crippen molar-refractivity contribution < 1.29 is 0 Å². The summed E-state index contributed by atoms with van der Waals surface area (Å²) in [4.78, 5) is 6.71. The zero-order valence-corrected chi connectivity index (χ0v) is 11.1. The number of hydrogen-bond donors (Lipinski definition) is 1. The minimum Gasteiger partial charge on any atom is -0.369 e. The van der Waals surface area contributed by atoms with Gasteiger partial charge in [-0.2, -0.15) is 0 Å². The number of aromatic nitrogens is 1. The second-order valence-electron chi connectivity index (χ2n) is 5.04. The molecule has 3 rings (SSSR count). The Bertz CT molecular complexity index is 574. The molecule has 2 unspecified atom stereocenters. The van der Waals surface area contributed by atoms with Crippen LogP contribution in [0.3, 0.4) is 0 Å². The molecular formula is C14H16ClN3. The lowest BCUT2D eigenvalue weighted by Crippen LogP contribution is -2.28. The van der Waals surface area contributed by atoms with Gasteiger partial charge >= 0.3 is 0 Å². The van der Waals surface area contributed by atoms with Crippen LogP contribution < -0.4 is 10.6 Å². The van der Waals surface area contributed by atoms with Gasteiger partial charge in [0.25, 0.3) is 0 Å². The van der Waals surface area contributed by atoms with E-state index in [0.29, 0.717) is 5.92 Å². The van der Waals surface area contributed by atoms with Gasteiger partial charge in [-0.05, 0) is 30.2 Å². The second kappa shape index (κ2) is 4.41. The van der Waals surface area contributed by atoms with E-state index in [2.05, 4.69) is 22.9 Å². The van der Waals surface area contributed by atoms with E-state index in [1.165, 1.54) is 5.69 Å². The van der Waals surface area contributed by atoms with E-state index in [9.17, 15) is 0 Å². The third-order valence-electron chi connectivity index (χ3n) is 3.69. The fourth-order valence-electron chi connectivity index (χ4n) is 2.57. The van der Waals surface area contributed by atoms with Crippen molar-refractivity contribution >= 4 is 28.2 Å². The Kier molecular flexibility index (Phi) is 2.88. The molecular weight excluding hydrogens is 246 g/mol. The van der Waals surface area contributed by atoms with Crippen molar-refractivity contribution in [1.82, 2.24) is 4.98 Å². The smallest absolute Gasteiger partial charge is 0.0737 e. The molecule has 18 heavy (non-hydrogen) atoms. The van der Waals surface area contributed by atoms with Gasteiger partial charge in [-0.25, -0.2) is 0 Å². The van der Waals surface area contributed by atoms with Crippen LogP contribution in [0.15, 0.2) is 30.5 Å². The summed E-state index contributed by atoms with van der Waals surface area (Å²) in [7, 11) is 0. The number of nitrogens with zero attached hydrogens (tertiary/aromatic N) is 2. The Labute approximate surface area is 112 Å². The monoisotopic (exact) mass is 261 g/mol. The molecule has 0 radical (unpaired) electrons. The van der Waals surface area contributed by atoms with E-state index in [0.717, 1.165) is 29.0 Å². The molecule has 0 spiro atoms. The van der Waals surface area contributed by atoms with Crippen molar-refractivity contribution in [2.24, 2.45) is 11.7 Å². The molecule has 1 aliphatic rings. The van der Waals surface area contributed by atoms with Crippen LogP contribution in [0.4, 0.5) is 5.69 Å². The molecule has 0 bridgehead atoms. The van der Waals surface area contributed by atoms with Crippen molar-refractivity contribution in [3.8, 4) is 0 Å². The fourth-order valence-corrected chi connectivity index (χ4v) is 2.74. The van der Waals surface area contributed by atoms with E-state index in [1.54, 1.807) is 0 Å². The van der Waals surface area contributed by atoms with Gasteiger partial charge < -0.3 is 10.6 Å². The van der Waals surface area contributed by atoms with Crippen molar-refractivity contribution in [2.75, 3.05) is 18.0 Å². The average Bonchev–Trinajstić information content (AvgIpc) is 2.68. The highest BCUT2D eigenvalue weighted by Crippen LogP contribution is 2.30. The molecule has 1 aromatic carbocycles. The molecule has 1 aliphatic heterocycles. The normalized spacial score (nSPS) is 23.8. The van der Waals surface area contributed by atoms with Gasteiger partial charge in [0.15, 0.2) is 0 Å². The largest absolute Gasteiger partial charge is 0.369 e. The molecule has 94 valence electrons. The van der Waals surface area contributed by atoms with E-state index >= 15 is 0 Å². The van der Waals surface area contributed by atoms with Crippen molar-refractivity contribution in [2.45, 2.75) is 13.0 Å². The van der Waals surface area contributed by atoms with Gasteiger partial charge in [0.1, 0.15) is 0 Å². The molecule has 3 nitrogen and oxygen atoms in total. The first-order chi connectivity index (χ1) is 8.65. The van der Waals surface area contributed by atoms with Crippen LogP contribution in [-0.4, -0.2) is 24.1 Å². The zero-order valence-electron chi connectivity index (χ0n) is 10.3. The number of anilines is 1. The summed E-state index contributed by atoms with van der Waals surface area (Å²) >= 11 is 6.00. The van der Waals surface area contributed by atoms with Crippen molar-refractivity contribution in [3.05, 3.63) is 35.5 Å². The van der Waals surface area contributed by atoms with Crippen LogP contribution in [-0.2, 0) is 0 Å². The summed E-state index contributed by atoms with van der Waals surface area (Å²) in [6, 6.07) is 8.16. The highest BCUT2D eigenvalue weighted by atomic mass is 35.5. The van der Waals surface area contributed by atoms with E-state index < -0.39 is 0 Å². The Morgan fingerprint density at radius 2 is 2.17 bits per heavy atom. The van der Waals surface area contributed by atoms with Crippen LogP contribution in [0.5, 0.6) is 0 Å². The van der Waals surface area contributed by atoms with Gasteiger partial charge in [0.2, 0.25) is 0 Å². The summed E-state index contributed by atoms with van der Waals surface area (Å²) in [6.07, 6.45) is 1.84. The summed E-state index contributed by atoms with van der Waals surface area (Å²) in [5.74, 6) is 0.528. The molecule has 1 saturated heterocycles.